The second-order valence-corrected chi connectivity index (χ2v) is 8.14. The SMILES string of the molecule is CCNC(=NCc1ccnc(OCC2CC2)c1)NC1CCN(C2CC2)CC1.I. The summed E-state index contributed by atoms with van der Waals surface area (Å²) in [5.41, 5.74) is 1.14. The van der Waals surface area contributed by atoms with E-state index in [4.69, 9.17) is 9.73 Å². The van der Waals surface area contributed by atoms with Crippen LogP contribution < -0.4 is 15.4 Å². The number of likely N-dealkylation sites (tertiary alicyclic amines) is 1. The molecule has 0 spiro atoms. The molecule has 1 saturated heterocycles. The van der Waals surface area contributed by atoms with Gasteiger partial charge in [-0.25, -0.2) is 9.98 Å². The highest BCUT2D eigenvalue weighted by molar-refractivity contribution is 14.0. The van der Waals surface area contributed by atoms with Gasteiger partial charge in [0.1, 0.15) is 0 Å². The molecule has 0 radical (unpaired) electrons. The van der Waals surface area contributed by atoms with Gasteiger partial charge < -0.3 is 20.3 Å². The summed E-state index contributed by atoms with van der Waals surface area (Å²) in [6.45, 7) is 6.85. The van der Waals surface area contributed by atoms with Crippen LogP contribution in [0.25, 0.3) is 0 Å². The first-order chi connectivity index (χ1) is 13.3. The van der Waals surface area contributed by atoms with Crippen LogP contribution in [0.3, 0.4) is 0 Å². The third-order valence-corrected chi connectivity index (χ3v) is 5.66. The van der Waals surface area contributed by atoms with Gasteiger partial charge in [0.2, 0.25) is 5.88 Å². The van der Waals surface area contributed by atoms with Gasteiger partial charge in [-0.3, -0.25) is 0 Å². The molecule has 2 saturated carbocycles. The molecule has 3 aliphatic rings. The maximum atomic E-state index is 5.79. The summed E-state index contributed by atoms with van der Waals surface area (Å²) in [6, 6.07) is 5.44. The number of hydrogen-bond donors (Lipinski definition) is 2. The first kappa shape index (κ1) is 21.6. The monoisotopic (exact) mass is 499 g/mol. The topological polar surface area (TPSA) is 61.8 Å². The molecule has 0 atom stereocenters. The number of aromatic nitrogens is 1. The van der Waals surface area contributed by atoms with Gasteiger partial charge in [0.25, 0.3) is 0 Å². The average molecular weight is 499 g/mol. The summed E-state index contributed by atoms with van der Waals surface area (Å²) >= 11 is 0. The summed E-state index contributed by atoms with van der Waals surface area (Å²) in [4.78, 5) is 11.8. The minimum atomic E-state index is 0. The molecule has 28 heavy (non-hydrogen) atoms. The number of nitrogens with one attached hydrogen (secondary N) is 2. The van der Waals surface area contributed by atoms with E-state index >= 15 is 0 Å². The normalized spacial score (nSPS) is 21.1. The summed E-state index contributed by atoms with van der Waals surface area (Å²) in [5.74, 6) is 2.38. The van der Waals surface area contributed by atoms with E-state index in [1.165, 1.54) is 51.6 Å². The lowest BCUT2D eigenvalue weighted by molar-refractivity contribution is 0.197. The van der Waals surface area contributed by atoms with E-state index in [1.54, 1.807) is 0 Å². The largest absolute Gasteiger partial charge is 0.477 e. The van der Waals surface area contributed by atoms with Crippen molar-refractivity contribution in [3.8, 4) is 5.88 Å². The highest BCUT2D eigenvalue weighted by atomic mass is 127. The molecule has 1 aliphatic heterocycles. The summed E-state index contributed by atoms with van der Waals surface area (Å²) < 4.78 is 5.79. The van der Waals surface area contributed by atoms with Crippen LogP contribution in [0.4, 0.5) is 0 Å². The second kappa shape index (κ2) is 10.6. The third-order valence-electron chi connectivity index (χ3n) is 5.66. The number of nitrogens with zero attached hydrogens (tertiary/aromatic N) is 3. The molecule has 6 nitrogen and oxygen atoms in total. The van der Waals surface area contributed by atoms with Crippen molar-refractivity contribution in [1.82, 2.24) is 20.5 Å². The maximum Gasteiger partial charge on any atom is 0.213 e. The van der Waals surface area contributed by atoms with Crippen molar-refractivity contribution in [3.63, 3.8) is 0 Å². The fourth-order valence-electron chi connectivity index (χ4n) is 3.65. The highest BCUT2D eigenvalue weighted by Gasteiger charge is 2.31. The molecular weight excluding hydrogens is 465 g/mol. The van der Waals surface area contributed by atoms with Gasteiger partial charge in [-0.1, -0.05) is 0 Å². The first-order valence-corrected chi connectivity index (χ1v) is 10.7. The van der Waals surface area contributed by atoms with Crippen LogP contribution >= 0.6 is 24.0 Å². The Bertz CT molecular complexity index is 639. The zero-order chi connectivity index (χ0) is 18.5. The van der Waals surface area contributed by atoms with Gasteiger partial charge in [0.05, 0.1) is 13.2 Å². The molecule has 2 heterocycles. The van der Waals surface area contributed by atoms with Crippen molar-refractivity contribution in [2.45, 2.75) is 64.1 Å². The van der Waals surface area contributed by atoms with Crippen molar-refractivity contribution in [3.05, 3.63) is 23.9 Å². The van der Waals surface area contributed by atoms with Gasteiger partial charge in [-0.15, -0.1) is 24.0 Å². The van der Waals surface area contributed by atoms with Crippen LogP contribution in [0.2, 0.25) is 0 Å². The molecule has 4 rings (SSSR count). The Balaban J connectivity index is 0.00000225. The Morgan fingerprint density at radius 1 is 1.21 bits per heavy atom. The zero-order valence-electron chi connectivity index (χ0n) is 16.9. The van der Waals surface area contributed by atoms with E-state index in [0.717, 1.165) is 42.5 Å². The molecule has 1 aromatic heterocycles. The van der Waals surface area contributed by atoms with E-state index in [9.17, 15) is 0 Å². The quantitative estimate of drug-likeness (QED) is 0.327. The number of hydrogen-bond acceptors (Lipinski definition) is 4. The molecule has 2 N–H and O–H groups in total. The lowest BCUT2D eigenvalue weighted by Crippen LogP contribution is -2.49. The van der Waals surface area contributed by atoms with Crippen molar-refractivity contribution in [2.75, 3.05) is 26.2 Å². The van der Waals surface area contributed by atoms with E-state index < -0.39 is 0 Å². The van der Waals surface area contributed by atoms with Gasteiger partial charge in [-0.2, -0.15) is 0 Å². The number of aliphatic imine (C=N–C) groups is 1. The van der Waals surface area contributed by atoms with Crippen LogP contribution in [0.5, 0.6) is 5.88 Å². The highest BCUT2D eigenvalue weighted by Crippen LogP contribution is 2.30. The summed E-state index contributed by atoms with van der Waals surface area (Å²) in [6.07, 6.45) is 9.62. The molecule has 0 unspecified atom stereocenters. The minimum Gasteiger partial charge on any atom is -0.477 e. The number of piperidine rings is 1. The summed E-state index contributed by atoms with van der Waals surface area (Å²) in [5, 5.41) is 7.02. The van der Waals surface area contributed by atoms with Crippen molar-refractivity contribution < 1.29 is 4.74 Å². The third kappa shape index (κ3) is 6.76. The van der Waals surface area contributed by atoms with E-state index in [0.29, 0.717) is 12.6 Å². The maximum absolute atomic E-state index is 5.79. The second-order valence-electron chi connectivity index (χ2n) is 8.14. The lowest BCUT2D eigenvalue weighted by atomic mass is 10.1. The average Bonchev–Trinajstić information content (AvgIpc) is 3.59. The van der Waals surface area contributed by atoms with E-state index in [1.807, 2.05) is 18.3 Å². The number of pyridine rings is 1. The van der Waals surface area contributed by atoms with Crippen LogP contribution in [-0.4, -0.2) is 54.2 Å². The van der Waals surface area contributed by atoms with E-state index in [-0.39, 0.29) is 24.0 Å². The first-order valence-electron chi connectivity index (χ1n) is 10.7. The van der Waals surface area contributed by atoms with Crippen molar-refractivity contribution in [1.29, 1.82) is 0 Å². The molecule has 0 aromatic carbocycles. The van der Waals surface area contributed by atoms with Gasteiger partial charge in [-0.05, 0) is 63.0 Å². The summed E-state index contributed by atoms with van der Waals surface area (Å²) in [7, 11) is 0. The molecule has 3 fully saturated rings. The zero-order valence-corrected chi connectivity index (χ0v) is 19.2. The number of ether oxygens (including phenoxy) is 1. The van der Waals surface area contributed by atoms with Gasteiger partial charge >= 0.3 is 0 Å². The predicted octanol–water partition coefficient (Wildman–Crippen LogP) is 3.17. The van der Waals surface area contributed by atoms with E-state index in [2.05, 4.69) is 27.4 Å². The lowest BCUT2D eigenvalue weighted by Gasteiger charge is -2.33. The molecule has 0 bridgehead atoms. The van der Waals surface area contributed by atoms with Gasteiger partial charge in [0, 0.05) is 44.0 Å². The molecule has 7 heteroatoms. The van der Waals surface area contributed by atoms with Crippen LogP contribution in [0.15, 0.2) is 23.3 Å². The standard InChI is InChI=1S/C21H33N5O.HI/c1-2-22-21(25-18-8-11-26(12-9-18)19-5-6-19)24-14-17-7-10-23-20(13-17)27-15-16-3-4-16;/h7,10,13,16,18-19H,2-6,8-9,11-12,14-15H2,1H3,(H2,22,24,25);1H. The minimum absolute atomic E-state index is 0. The van der Waals surface area contributed by atoms with Crippen LogP contribution in [0.1, 0.15) is 51.0 Å². The fourth-order valence-corrected chi connectivity index (χ4v) is 3.65. The number of rotatable bonds is 8. The van der Waals surface area contributed by atoms with Crippen LogP contribution in [-0.2, 0) is 6.54 Å². The molecule has 2 aliphatic carbocycles. The number of halogens is 1. The molecular formula is C21H34IN5O. The van der Waals surface area contributed by atoms with Crippen molar-refractivity contribution in [2.24, 2.45) is 10.9 Å². The number of guanidine groups is 1. The Morgan fingerprint density at radius 2 is 2.00 bits per heavy atom. The molecule has 0 amide bonds. The fraction of sp³-hybridized carbons (Fsp3) is 0.714. The Labute approximate surface area is 185 Å². The predicted molar refractivity (Wildman–Crippen MR) is 123 cm³/mol. The van der Waals surface area contributed by atoms with Crippen molar-refractivity contribution >= 4 is 29.9 Å². The smallest absolute Gasteiger partial charge is 0.213 e. The molecule has 156 valence electrons. The Kier molecular flexibility index (Phi) is 8.20. The Morgan fingerprint density at radius 3 is 2.68 bits per heavy atom. The van der Waals surface area contributed by atoms with Gasteiger partial charge in [0.15, 0.2) is 5.96 Å². The molecule has 1 aromatic rings. The Hall–Kier alpha value is -1.09. The van der Waals surface area contributed by atoms with Crippen LogP contribution in [0, 0.1) is 5.92 Å².